The maximum Gasteiger partial charge on any atom is 0.407 e. The molecule has 6 amide bonds. The number of carbonyl (C=O) groups is 6. The minimum atomic E-state index is -0.969. The van der Waals surface area contributed by atoms with Crippen molar-refractivity contribution in [1.29, 1.82) is 0 Å². The fraction of sp³-hybridized carbons (Fsp3) is 0.636. The molecule has 0 saturated heterocycles. The van der Waals surface area contributed by atoms with Crippen molar-refractivity contribution in [3.05, 3.63) is 29.8 Å². The maximum atomic E-state index is 13.3. The molecular weight excluding hydrogens is 608 g/mol. The van der Waals surface area contributed by atoms with Gasteiger partial charge in [0, 0.05) is 18.3 Å². The molecule has 7 N–H and O–H groups in total. The van der Waals surface area contributed by atoms with E-state index in [-0.39, 0.29) is 24.9 Å². The normalized spacial score (nSPS) is 14.1. The van der Waals surface area contributed by atoms with Crippen molar-refractivity contribution in [2.75, 3.05) is 11.9 Å². The molecule has 0 spiro atoms. The fourth-order valence-electron chi connectivity index (χ4n) is 4.52. The number of hydrogen-bond donors (Lipinski definition) is 6. The predicted molar refractivity (Wildman–Crippen MR) is 178 cm³/mol. The zero-order valence-electron chi connectivity index (χ0n) is 29.2. The first kappa shape index (κ1) is 40.7. The van der Waals surface area contributed by atoms with Crippen LogP contribution in [0.3, 0.4) is 0 Å². The number of nitrogens with two attached hydrogens (primary N) is 1. The first-order valence-corrected chi connectivity index (χ1v) is 15.9. The number of carbonyl (C=O) groups excluding carboxylic acids is 6. The van der Waals surface area contributed by atoms with E-state index in [2.05, 4.69) is 26.6 Å². The highest BCUT2D eigenvalue weighted by Gasteiger charge is 2.29. The van der Waals surface area contributed by atoms with Gasteiger partial charge in [-0.2, -0.15) is 0 Å². The number of amides is 6. The summed E-state index contributed by atoms with van der Waals surface area (Å²) in [4.78, 5) is 73.5. The number of benzene rings is 1. The van der Waals surface area contributed by atoms with Gasteiger partial charge in [0.25, 0.3) is 0 Å². The second-order valence-electron chi connectivity index (χ2n) is 13.9. The van der Waals surface area contributed by atoms with Gasteiger partial charge in [0.1, 0.15) is 23.3 Å². The van der Waals surface area contributed by atoms with Gasteiger partial charge in [0.05, 0.1) is 5.92 Å². The summed E-state index contributed by atoms with van der Waals surface area (Å²) in [5.41, 5.74) is 5.04. The summed E-state index contributed by atoms with van der Waals surface area (Å²) in [5.74, 6) is -2.12. The number of urea groups is 1. The summed E-state index contributed by atoms with van der Waals surface area (Å²) in [6.45, 7) is 16.1. The summed E-state index contributed by atoms with van der Waals surface area (Å²) in [7, 11) is 0. The number of ether oxygens (including phenoxy) is 2. The Bertz CT molecular complexity index is 1210. The first-order chi connectivity index (χ1) is 21.7. The second-order valence-corrected chi connectivity index (χ2v) is 13.9. The number of esters is 1. The predicted octanol–water partition coefficient (Wildman–Crippen LogP) is 3.13. The van der Waals surface area contributed by atoms with Gasteiger partial charge in [-0.1, -0.05) is 32.9 Å². The third-order valence-corrected chi connectivity index (χ3v) is 6.67. The van der Waals surface area contributed by atoms with E-state index in [0.29, 0.717) is 31.4 Å². The van der Waals surface area contributed by atoms with E-state index in [1.54, 1.807) is 86.6 Å². The van der Waals surface area contributed by atoms with E-state index < -0.39 is 59.2 Å². The van der Waals surface area contributed by atoms with Gasteiger partial charge in [0.15, 0.2) is 0 Å². The van der Waals surface area contributed by atoms with Crippen LogP contribution in [-0.4, -0.2) is 72.2 Å². The van der Waals surface area contributed by atoms with Gasteiger partial charge in [-0.05, 0) is 90.8 Å². The van der Waals surface area contributed by atoms with Crippen LogP contribution in [0.15, 0.2) is 24.3 Å². The molecule has 14 nitrogen and oxygen atoms in total. The monoisotopic (exact) mass is 662 g/mol. The summed E-state index contributed by atoms with van der Waals surface area (Å²) in [5, 5.41) is 13.3. The number of rotatable bonds is 17. The van der Waals surface area contributed by atoms with E-state index in [9.17, 15) is 28.8 Å². The quantitative estimate of drug-likeness (QED) is 0.0828. The Balaban J connectivity index is 3.08. The summed E-state index contributed by atoms with van der Waals surface area (Å²) in [6.07, 6.45) is 1.03. The van der Waals surface area contributed by atoms with Crippen LogP contribution in [0.25, 0.3) is 0 Å². The van der Waals surface area contributed by atoms with Gasteiger partial charge in [0.2, 0.25) is 18.2 Å². The highest BCUT2D eigenvalue weighted by Crippen LogP contribution is 2.19. The second kappa shape index (κ2) is 18.7. The average Bonchev–Trinajstić information content (AvgIpc) is 2.91. The van der Waals surface area contributed by atoms with Crippen molar-refractivity contribution in [3.8, 4) is 0 Å². The molecule has 4 atom stereocenters. The Hall–Kier alpha value is -4.36. The highest BCUT2D eigenvalue weighted by molar-refractivity contribution is 5.98. The van der Waals surface area contributed by atoms with Crippen LogP contribution in [0.2, 0.25) is 0 Å². The topological polar surface area (TPSA) is 207 Å². The van der Waals surface area contributed by atoms with E-state index in [4.69, 9.17) is 15.2 Å². The molecule has 0 aliphatic rings. The largest absolute Gasteiger partial charge is 0.460 e. The molecule has 0 aromatic heterocycles. The van der Waals surface area contributed by atoms with Crippen molar-refractivity contribution in [3.63, 3.8) is 0 Å². The minimum absolute atomic E-state index is 0.190. The zero-order valence-corrected chi connectivity index (χ0v) is 29.2. The molecule has 0 fully saturated rings. The summed E-state index contributed by atoms with van der Waals surface area (Å²) < 4.78 is 11.0. The molecule has 14 heteroatoms. The van der Waals surface area contributed by atoms with Crippen LogP contribution in [-0.2, 0) is 35.1 Å². The number of primary amides is 1. The van der Waals surface area contributed by atoms with Crippen molar-refractivity contribution < 1.29 is 38.2 Å². The van der Waals surface area contributed by atoms with Crippen LogP contribution < -0.4 is 32.3 Å². The lowest BCUT2D eigenvalue weighted by Gasteiger charge is -2.27. The van der Waals surface area contributed by atoms with E-state index in [1.807, 2.05) is 0 Å². The number of alkyl carbamates (subject to hydrolysis) is 1. The molecule has 0 radical (unpaired) electrons. The van der Waals surface area contributed by atoms with Gasteiger partial charge in [-0.25, -0.2) is 9.59 Å². The lowest BCUT2D eigenvalue weighted by Crippen LogP contribution is -2.53. The Morgan fingerprint density at radius 3 is 1.98 bits per heavy atom. The SMILES string of the molecule is CC(C[C@H](Cc1ccc(NC(=O)[C@H](CCCNC(N)=O)NC(=O)[C@@H](NC=O)C(C)C)cc1)NC(=O)OC(C)(C)C)C(=O)OC(C)(C)C. The van der Waals surface area contributed by atoms with Gasteiger partial charge in [-0.3, -0.25) is 19.2 Å². The summed E-state index contributed by atoms with van der Waals surface area (Å²) >= 11 is 0. The van der Waals surface area contributed by atoms with Crippen LogP contribution in [0.5, 0.6) is 0 Å². The molecular formula is C33H54N6O8. The molecule has 264 valence electrons. The Labute approximate surface area is 278 Å². The molecule has 0 heterocycles. The third kappa shape index (κ3) is 17.2. The van der Waals surface area contributed by atoms with Crippen molar-refractivity contribution in [2.45, 2.75) is 117 Å². The van der Waals surface area contributed by atoms with E-state index >= 15 is 0 Å². The van der Waals surface area contributed by atoms with Gasteiger partial charge in [-0.15, -0.1) is 0 Å². The Morgan fingerprint density at radius 1 is 0.872 bits per heavy atom. The first-order valence-electron chi connectivity index (χ1n) is 15.9. The average molecular weight is 663 g/mol. The smallest absolute Gasteiger partial charge is 0.407 e. The number of hydrogen-bond acceptors (Lipinski definition) is 8. The van der Waals surface area contributed by atoms with Crippen LogP contribution >= 0.6 is 0 Å². The molecule has 1 unspecified atom stereocenters. The van der Waals surface area contributed by atoms with E-state index in [1.165, 1.54) is 0 Å². The van der Waals surface area contributed by atoms with Crippen molar-refractivity contribution in [2.24, 2.45) is 17.6 Å². The number of nitrogens with one attached hydrogen (secondary N) is 5. The lowest BCUT2D eigenvalue weighted by atomic mass is 9.96. The summed E-state index contributed by atoms with van der Waals surface area (Å²) in [6, 6.07) is 3.97. The molecule has 0 aliphatic heterocycles. The molecule has 0 bridgehead atoms. The number of anilines is 1. The zero-order chi connectivity index (χ0) is 35.9. The lowest BCUT2D eigenvalue weighted by molar-refractivity contribution is -0.159. The highest BCUT2D eigenvalue weighted by atomic mass is 16.6. The minimum Gasteiger partial charge on any atom is -0.460 e. The van der Waals surface area contributed by atoms with Gasteiger partial charge >= 0.3 is 18.1 Å². The molecule has 1 rings (SSSR count). The maximum absolute atomic E-state index is 13.3. The van der Waals surface area contributed by atoms with Crippen LogP contribution in [0, 0.1) is 11.8 Å². The van der Waals surface area contributed by atoms with Crippen LogP contribution in [0.1, 0.15) is 87.1 Å². The Morgan fingerprint density at radius 2 is 1.47 bits per heavy atom. The molecule has 1 aromatic rings. The molecule has 0 saturated carbocycles. The van der Waals surface area contributed by atoms with Crippen molar-refractivity contribution >= 4 is 42.0 Å². The van der Waals surface area contributed by atoms with Gasteiger partial charge < -0.3 is 41.8 Å². The Kier molecular flexibility index (Phi) is 16.2. The third-order valence-electron chi connectivity index (χ3n) is 6.67. The van der Waals surface area contributed by atoms with Crippen molar-refractivity contribution in [1.82, 2.24) is 21.3 Å². The molecule has 0 aliphatic carbocycles. The standard InChI is InChI=1S/C33H54N6O8/c1-20(2)26(36-19-40)28(42)39-25(11-10-16-35-30(34)44)27(41)37-23-14-12-22(13-15-23)18-24(38-31(45)47-33(7,8)9)17-21(3)29(43)46-32(4,5)6/h12-15,19-21,24-26H,10-11,16-18H2,1-9H3,(H,36,40)(H,37,41)(H,38,45)(H,39,42)(H3,34,35,44)/t21?,24-,25+,26+/m1/s1. The fourth-order valence-corrected chi connectivity index (χ4v) is 4.52. The molecule has 1 aromatic carbocycles. The van der Waals surface area contributed by atoms with E-state index in [0.717, 1.165) is 5.56 Å². The van der Waals surface area contributed by atoms with Crippen LogP contribution in [0.4, 0.5) is 15.3 Å². The molecule has 47 heavy (non-hydrogen) atoms.